The molecule has 0 spiro atoms. The number of aliphatic hydroxyl groups excluding tert-OH is 1. The van der Waals surface area contributed by atoms with Gasteiger partial charge in [-0.05, 0) is 61.6 Å². The summed E-state index contributed by atoms with van der Waals surface area (Å²) in [6, 6.07) is 0. The molecule has 5 heteroatoms. The Kier molecular flexibility index (Phi) is 12.8. The van der Waals surface area contributed by atoms with Crippen molar-refractivity contribution in [3.05, 3.63) is 0 Å². The van der Waals surface area contributed by atoms with Crippen LogP contribution in [-0.4, -0.2) is 45.6 Å². The third kappa shape index (κ3) is 10.7. The van der Waals surface area contributed by atoms with Gasteiger partial charge in [0.15, 0.2) is 14.1 Å². The normalized spacial score (nSPS) is 20.0. The molecule has 1 rings (SSSR count). The van der Waals surface area contributed by atoms with Crippen LogP contribution in [-0.2, 0) is 13.9 Å². The van der Waals surface area contributed by atoms with Crippen LogP contribution in [0.1, 0.15) is 99.3 Å². The van der Waals surface area contributed by atoms with Gasteiger partial charge in [0.05, 0.1) is 13.2 Å². The highest BCUT2D eigenvalue weighted by molar-refractivity contribution is 6.74. The molecule has 0 aromatic carbocycles. The van der Waals surface area contributed by atoms with Gasteiger partial charge in [0.1, 0.15) is 0 Å². The summed E-state index contributed by atoms with van der Waals surface area (Å²) in [7, 11) is -1.64. The van der Waals surface area contributed by atoms with E-state index in [1.807, 2.05) is 0 Å². The van der Waals surface area contributed by atoms with Crippen molar-refractivity contribution in [1.29, 1.82) is 0 Å². The van der Waals surface area contributed by atoms with Gasteiger partial charge in [0, 0.05) is 26.1 Å². The topological polar surface area (TPSA) is 47.9 Å². The standard InChI is InChI=1S/C26H54O4Si/c1-9-24(20-27)14-12-16-26(28-17-18-29-26)15-11-10-13-22(2)19-23(3)21-30-31(7,8)25(4,5)6/h22-24,27H,9-21H2,1-8H3/t22-,23+,24+/m1/s1. The fraction of sp³-hybridized carbons (Fsp3) is 1.00. The maximum Gasteiger partial charge on any atom is 0.191 e. The summed E-state index contributed by atoms with van der Waals surface area (Å²) in [4.78, 5) is 0. The van der Waals surface area contributed by atoms with Gasteiger partial charge < -0.3 is 19.0 Å². The molecule has 1 aliphatic heterocycles. The largest absolute Gasteiger partial charge is 0.417 e. The molecule has 0 aliphatic carbocycles. The lowest BCUT2D eigenvalue weighted by molar-refractivity contribution is -0.169. The van der Waals surface area contributed by atoms with Crippen LogP contribution in [0.3, 0.4) is 0 Å². The van der Waals surface area contributed by atoms with Gasteiger partial charge in [-0.15, -0.1) is 0 Å². The first-order valence-electron chi connectivity index (χ1n) is 13.0. The molecule has 0 aromatic heterocycles. The summed E-state index contributed by atoms with van der Waals surface area (Å²) in [5, 5.41) is 9.70. The van der Waals surface area contributed by atoms with Crippen LogP contribution in [0.2, 0.25) is 18.1 Å². The van der Waals surface area contributed by atoms with Crippen LogP contribution in [0.15, 0.2) is 0 Å². The minimum Gasteiger partial charge on any atom is -0.417 e. The minimum atomic E-state index is -1.64. The molecule has 1 aliphatic rings. The highest BCUT2D eigenvalue weighted by atomic mass is 28.4. The Balaban J connectivity index is 2.28. The van der Waals surface area contributed by atoms with Gasteiger partial charge in [0.25, 0.3) is 0 Å². The van der Waals surface area contributed by atoms with E-state index >= 15 is 0 Å². The first kappa shape index (κ1) is 29.1. The monoisotopic (exact) mass is 458 g/mol. The van der Waals surface area contributed by atoms with Crippen molar-refractivity contribution in [1.82, 2.24) is 0 Å². The number of hydrogen-bond acceptors (Lipinski definition) is 4. The summed E-state index contributed by atoms with van der Waals surface area (Å²) in [6.45, 7) is 21.1. The predicted molar refractivity (Wildman–Crippen MR) is 134 cm³/mol. The molecule has 186 valence electrons. The SMILES string of the molecule is CC[C@H](CO)CCCC1(CCCC[C@@H](C)C[C@H](C)CO[Si](C)(C)C(C)(C)C)OCCO1. The van der Waals surface area contributed by atoms with Gasteiger partial charge in [-0.25, -0.2) is 0 Å². The lowest BCUT2D eigenvalue weighted by Gasteiger charge is -2.37. The lowest BCUT2D eigenvalue weighted by Crippen LogP contribution is -2.41. The summed E-state index contributed by atoms with van der Waals surface area (Å²) < 4.78 is 18.5. The molecular formula is C26H54O4Si. The maximum atomic E-state index is 9.41. The van der Waals surface area contributed by atoms with Gasteiger partial charge >= 0.3 is 0 Å². The molecule has 0 bridgehead atoms. The molecule has 1 N–H and O–H groups in total. The van der Waals surface area contributed by atoms with Crippen LogP contribution in [0.4, 0.5) is 0 Å². The predicted octanol–water partition coefficient (Wildman–Crippen LogP) is 7.16. The molecule has 0 aromatic rings. The number of unbranched alkanes of at least 4 members (excludes halogenated alkanes) is 1. The second kappa shape index (κ2) is 13.7. The van der Waals surface area contributed by atoms with Crippen molar-refractivity contribution in [2.24, 2.45) is 17.8 Å². The van der Waals surface area contributed by atoms with Crippen LogP contribution in [0.5, 0.6) is 0 Å². The Hall–Kier alpha value is 0.0569. The van der Waals surface area contributed by atoms with Crippen LogP contribution >= 0.6 is 0 Å². The molecular weight excluding hydrogens is 404 g/mol. The van der Waals surface area contributed by atoms with Crippen molar-refractivity contribution in [3.63, 3.8) is 0 Å². The van der Waals surface area contributed by atoms with Gasteiger partial charge in [-0.3, -0.25) is 0 Å². The Morgan fingerprint density at radius 1 is 0.968 bits per heavy atom. The molecule has 0 unspecified atom stereocenters. The number of aliphatic hydroxyl groups is 1. The molecule has 3 atom stereocenters. The zero-order valence-electron chi connectivity index (χ0n) is 22.1. The van der Waals surface area contributed by atoms with Gasteiger partial charge in [-0.2, -0.15) is 0 Å². The second-order valence-electron chi connectivity index (χ2n) is 11.7. The lowest BCUT2D eigenvalue weighted by atomic mass is 9.91. The summed E-state index contributed by atoms with van der Waals surface area (Å²) in [5.74, 6) is 1.41. The molecule has 1 saturated heterocycles. The van der Waals surface area contributed by atoms with E-state index in [-0.39, 0.29) is 10.8 Å². The van der Waals surface area contributed by atoms with Crippen LogP contribution in [0.25, 0.3) is 0 Å². The van der Waals surface area contributed by atoms with E-state index < -0.39 is 8.32 Å². The minimum absolute atomic E-state index is 0.286. The van der Waals surface area contributed by atoms with Crippen LogP contribution < -0.4 is 0 Å². The number of rotatable bonds is 16. The van der Waals surface area contributed by atoms with Crippen molar-refractivity contribution in [2.45, 2.75) is 123 Å². The summed E-state index contributed by atoms with van der Waals surface area (Å²) >= 11 is 0. The third-order valence-corrected chi connectivity index (χ3v) is 12.2. The highest BCUT2D eigenvalue weighted by Gasteiger charge is 2.37. The molecule has 31 heavy (non-hydrogen) atoms. The highest BCUT2D eigenvalue weighted by Crippen LogP contribution is 2.37. The summed E-state index contributed by atoms with van der Waals surface area (Å²) in [6.07, 6.45) is 10.0. The van der Waals surface area contributed by atoms with Crippen molar-refractivity contribution < 1.29 is 19.0 Å². The van der Waals surface area contributed by atoms with E-state index in [1.54, 1.807) is 0 Å². The van der Waals surface area contributed by atoms with Gasteiger partial charge in [-0.1, -0.05) is 60.8 Å². The Morgan fingerprint density at radius 3 is 2.13 bits per heavy atom. The maximum absolute atomic E-state index is 9.41. The fourth-order valence-electron chi connectivity index (χ4n) is 4.32. The Morgan fingerprint density at radius 2 is 1.58 bits per heavy atom. The van der Waals surface area contributed by atoms with Crippen molar-refractivity contribution >= 4 is 8.32 Å². The fourth-order valence-corrected chi connectivity index (χ4v) is 5.46. The van der Waals surface area contributed by atoms with Gasteiger partial charge in [0.2, 0.25) is 0 Å². The van der Waals surface area contributed by atoms with E-state index in [0.717, 1.165) is 64.3 Å². The van der Waals surface area contributed by atoms with E-state index in [9.17, 15) is 5.11 Å². The molecule has 0 amide bonds. The first-order chi connectivity index (χ1) is 14.4. The Labute approximate surface area is 194 Å². The summed E-state index contributed by atoms with van der Waals surface area (Å²) in [5.41, 5.74) is 0. The molecule has 1 heterocycles. The average molecular weight is 459 g/mol. The molecule has 0 saturated carbocycles. The molecule has 4 nitrogen and oxygen atoms in total. The quantitative estimate of drug-likeness (QED) is 0.197. The van der Waals surface area contributed by atoms with Crippen molar-refractivity contribution in [2.75, 3.05) is 26.4 Å². The molecule has 0 radical (unpaired) electrons. The van der Waals surface area contributed by atoms with E-state index in [0.29, 0.717) is 18.4 Å². The number of ether oxygens (including phenoxy) is 2. The van der Waals surface area contributed by atoms with E-state index in [1.165, 1.54) is 19.3 Å². The van der Waals surface area contributed by atoms with Crippen LogP contribution in [0, 0.1) is 17.8 Å². The van der Waals surface area contributed by atoms with Crippen molar-refractivity contribution in [3.8, 4) is 0 Å². The number of hydrogen-bond donors (Lipinski definition) is 1. The second-order valence-corrected chi connectivity index (χ2v) is 16.5. The first-order valence-corrected chi connectivity index (χ1v) is 15.9. The zero-order chi connectivity index (χ0) is 23.5. The molecule has 1 fully saturated rings. The zero-order valence-corrected chi connectivity index (χ0v) is 23.1. The van der Waals surface area contributed by atoms with E-state index in [2.05, 4.69) is 54.6 Å². The smallest absolute Gasteiger partial charge is 0.191 e. The Bertz CT molecular complexity index is 465. The average Bonchev–Trinajstić information content (AvgIpc) is 3.15. The third-order valence-electron chi connectivity index (χ3n) is 7.66. The van der Waals surface area contributed by atoms with E-state index in [4.69, 9.17) is 13.9 Å².